The Labute approximate surface area is 185 Å². The second-order valence-corrected chi connectivity index (χ2v) is 7.36. The number of aromatic nitrogens is 2. The number of rotatable bonds is 6. The van der Waals surface area contributed by atoms with Crippen molar-refractivity contribution in [3.05, 3.63) is 89.2 Å². The van der Waals surface area contributed by atoms with E-state index in [4.69, 9.17) is 20.3 Å². The molecule has 0 saturated heterocycles. The molecule has 4 rings (SSSR count). The molecule has 7 nitrogen and oxygen atoms in total. The summed E-state index contributed by atoms with van der Waals surface area (Å²) in [5, 5.41) is 17.1. The lowest BCUT2D eigenvalue weighted by molar-refractivity contribution is 0.0602. The minimum Gasteiger partial charge on any atom is -0.465 e. The molecule has 0 saturated carbocycles. The molecule has 0 aliphatic carbocycles. The van der Waals surface area contributed by atoms with E-state index in [0.29, 0.717) is 17.7 Å². The number of methoxy groups -OCH3 is 1. The summed E-state index contributed by atoms with van der Waals surface area (Å²) in [5.74, 6) is 0.456. The van der Waals surface area contributed by atoms with Crippen LogP contribution in [-0.4, -0.2) is 33.7 Å². The van der Waals surface area contributed by atoms with E-state index in [1.165, 1.54) is 7.11 Å². The van der Waals surface area contributed by atoms with Crippen LogP contribution in [0.5, 0.6) is 0 Å². The lowest BCUT2D eigenvalue weighted by Crippen LogP contribution is -2.19. The molecule has 0 fully saturated rings. The van der Waals surface area contributed by atoms with Crippen molar-refractivity contribution in [2.45, 2.75) is 19.9 Å². The first-order valence-corrected chi connectivity index (χ1v) is 10.3. The number of hydrogen-bond donors (Lipinski definition) is 3. The first-order chi connectivity index (χ1) is 15.6. The number of hydrogen-bond acceptors (Lipinski definition) is 5. The Bertz CT molecular complexity index is 1290. The van der Waals surface area contributed by atoms with E-state index < -0.39 is 0 Å². The minimum atomic E-state index is -0.383. The topological polar surface area (TPSA) is 100 Å². The number of para-hydroxylation sites is 1. The third-order valence-electron chi connectivity index (χ3n) is 5.48. The van der Waals surface area contributed by atoms with Crippen molar-refractivity contribution in [3.8, 4) is 11.1 Å². The quantitative estimate of drug-likeness (QED) is 0.183. The van der Waals surface area contributed by atoms with E-state index >= 15 is 0 Å². The van der Waals surface area contributed by atoms with E-state index in [9.17, 15) is 4.79 Å². The number of hydroxylamine groups is 1. The number of imidazole rings is 1. The van der Waals surface area contributed by atoms with E-state index in [1.807, 2.05) is 67.0 Å². The lowest BCUT2D eigenvalue weighted by atomic mass is 9.98. The number of nitrogens with one attached hydrogen (secondary N) is 2. The Kier molecular flexibility index (Phi) is 6.00. The summed E-state index contributed by atoms with van der Waals surface area (Å²) in [7, 11) is 1.38. The average Bonchev–Trinajstić information content (AvgIpc) is 3.21. The summed E-state index contributed by atoms with van der Waals surface area (Å²) in [4.78, 5) is 17.1. The molecule has 3 N–H and O–H groups in total. The second kappa shape index (κ2) is 9.03. The van der Waals surface area contributed by atoms with Gasteiger partial charge in [-0.05, 0) is 28.8 Å². The van der Waals surface area contributed by atoms with Gasteiger partial charge in [-0.25, -0.2) is 9.78 Å². The predicted octanol–water partition coefficient (Wildman–Crippen LogP) is 4.40. The van der Waals surface area contributed by atoms with Gasteiger partial charge in [0.15, 0.2) is 0 Å². The Balaban J connectivity index is 1.72. The van der Waals surface area contributed by atoms with Gasteiger partial charge in [0, 0.05) is 18.5 Å². The molecule has 32 heavy (non-hydrogen) atoms. The highest BCUT2D eigenvalue weighted by atomic mass is 16.5. The fraction of sp³-hybridized carbons (Fsp3) is 0.160. The smallest absolute Gasteiger partial charge is 0.340 e. The zero-order valence-corrected chi connectivity index (χ0v) is 17.9. The number of benzene rings is 3. The van der Waals surface area contributed by atoms with Crippen LogP contribution in [0, 0.1) is 5.41 Å². The number of aryl methyl sites for hydroxylation is 1. The van der Waals surface area contributed by atoms with Gasteiger partial charge in [0.1, 0.15) is 11.7 Å². The van der Waals surface area contributed by atoms with Gasteiger partial charge in [-0.1, -0.05) is 61.5 Å². The summed E-state index contributed by atoms with van der Waals surface area (Å²) in [5.41, 5.74) is 7.40. The molecule has 0 unspecified atom stereocenters. The molecular weight excluding hydrogens is 404 g/mol. The van der Waals surface area contributed by atoms with Gasteiger partial charge < -0.3 is 9.30 Å². The molecule has 4 aromatic rings. The van der Waals surface area contributed by atoms with Gasteiger partial charge in [0.2, 0.25) is 0 Å². The van der Waals surface area contributed by atoms with Crippen LogP contribution < -0.4 is 5.48 Å². The second-order valence-electron chi connectivity index (χ2n) is 7.36. The number of amidine groups is 1. The molecule has 3 aromatic carbocycles. The van der Waals surface area contributed by atoms with Crippen molar-refractivity contribution in [3.63, 3.8) is 0 Å². The van der Waals surface area contributed by atoms with Gasteiger partial charge in [0.05, 0.1) is 23.7 Å². The van der Waals surface area contributed by atoms with E-state index in [0.717, 1.165) is 40.0 Å². The highest BCUT2D eigenvalue weighted by molar-refractivity contribution is 6.02. The fourth-order valence-corrected chi connectivity index (χ4v) is 3.93. The molecule has 0 spiro atoms. The fourth-order valence-electron chi connectivity index (χ4n) is 3.93. The Morgan fingerprint density at radius 3 is 2.47 bits per heavy atom. The average molecular weight is 428 g/mol. The monoisotopic (exact) mass is 428 g/mol. The van der Waals surface area contributed by atoms with Crippen LogP contribution in [-0.2, 0) is 17.7 Å². The number of carbonyl (C=O) groups excluding carboxylic acids is 1. The van der Waals surface area contributed by atoms with E-state index in [2.05, 4.69) is 4.57 Å². The van der Waals surface area contributed by atoms with Gasteiger partial charge >= 0.3 is 5.97 Å². The number of ether oxygens (including phenoxy) is 1. The van der Waals surface area contributed by atoms with Crippen LogP contribution in [0.3, 0.4) is 0 Å². The van der Waals surface area contributed by atoms with Crippen LogP contribution in [0.25, 0.3) is 22.2 Å². The Hall–Kier alpha value is -3.97. The normalized spacial score (nSPS) is 10.8. The molecule has 0 aliphatic heterocycles. The third kappa shape index (κ3) is 3.86. The maximum Gasteiger partial charge on any atom is 0.340 e. The molecule has 0 bridgehead atoms. The van der Waals surface area contributed by atoms with Crippen LogP contribution in [0.2, 0.25) is 0 Å². The molecule has 0 atom stereocenters. The van der Waals surface area contributed by atoms with Crippen molar-refractivity contribution in [1.29, 1.82) is 5.41 Å². The van der Waals surface area contributed by atoms with Crippen LogP contribution in [0.1, 0.15) is 34.2 Å². The predicted molar refractivity (Wildman–Crippen MR) is 123 cm³/mol. The van der Waals surface area contributed by atoms with Gasteiger partial charge in [0.25, 0.3) is 0 Å². The van der Waals surface area contributed by atoms with Crippen molar-refractivity contribution in [1.82, 2.24) is 15.0 Å². The molecule has 1 heterocycles. The number of fused-ring (bicyclic) bond motifs is 1. The molecule has 1 aromatic heterocycles. The van der Waals surface area contributed by atoms with Gasteiger partial charge in [-0.15, -0.1) is 0 Å². The minimum absolute atomic E-state index is 0.0579. The number of nitrogens with zero attached hydrogens (tertiary/aromatic N) is 2. The molecule has 7 heteroatoms. The first-order valence-electron chi connectivity index (χ1n) is 10.3. The maximum absolute atomic E-state index is 12.3. The van der Waals surface area contributed by atoms with E-state index in [-0.39, 0.29) is 11.8 Å². The molecular formula is C25H24N4O3. The highest BCUT2D eigenvalue weighted by Gasteiger charge is 2.18. The van der Waals surface area contributed by atoms with Gasteiger partial charge in [-0.3, -0.25) is 16.1 Å². The summed E-state index contributed by atoms with van der Waals surface area (Å²) >= 11 is 0. The molecule has 0 radical (unpaired) electrons. The highest BCUT2D eigenvalue weighted by Crippen LogP contribution is 2.26. The zero-order chi connectivity index (χ0) is 22.7. The van der Waals surface area contributed by atoms with Crippen LogP contribution in [0.15, 0.2) is 66.7 Å². The third-order valence-corrected chi connectivity index (χ3v) is 5.48. The standard InChI is InChI=1S/C25H24N4O3/c1-3-22-27-21-10-6-9-20(25(30)32-2)23(21)29(22)15-16-11-13-17(14-12-16)18-7-4-5-8-19(18)24(26)28-31/h4-14,31H,3,15H2,1-2H3,(H2,26,28). The Morgan fingerprint density at radius 2 is 1.78 bits per heavy atom. The van der Waals surface area contributed by atoms with Gasteiger partial charge in [-0.2, -0.15) is 0 Å². The SMILES string of the molecule is CCc1nc2cccc(C(=O)OC)c2n1Cc1ccc(-c2ccccc2C(=N)NO)cc1. The van der Waals surface area contributed by atoms with Crippen LogP contribution >= 0.6 is 0 Å². The van der Waals surface area contributed by atoms with Crippen molar-refractivity contribution in [2.75, 3.05) is 7.11 Å². The number of esters is 1. The van der Waals surface area contributed by atoms with Crippen molar-refractivity contribution < 1.29 is 14.7 Å². The summed E-state index contributed by atoms with van der Waals surface area (Å²) in [6.07, 6.45) is 0.733. The summed E-state index contributed by atoms with van der Waals surface area (Å²) < 4.78 is 7.04. The Morgan fingerprint density at radius 1 is 1.06 bits per heavy atom. The molecule has 0 aliphatic rings. The number of carbonyl (C=O) groups is 1. The van der Waals surface area contributed by atoms with E-state index in [1.54, 1.807) is 12.1 Å². The first kappa shape index (κ1) is 21.3. The molecule has 162 valence electrons. The molecule has 0 amide bonds. The lowest BCUT2D eigenvalue weighted by Gasteiger charge is -2.13. The maximum atomic E-state index is 12.3. The summed E-state index contributed by atoms with van der Waals surface area (Å²) in [6.45, 7) is 2.60. The van der Waals surface area contributed by atoms with Crippen molar-refractivity contribution in [2.24, 2.45) is 0 Å². The zero-order valence-electron chi connectivity index (χ0n) is 17.9. The largest absolute Gasteiger partial charge is 0.465 e. The van der Waals surface area contributed by atoms with Crippen molar-refractivity contribution >= 4 is 22.8 Å². The van der Waals surface area contributed by atoms with Crippen LogP contribution in [0.4, 0.5) is 0 Å². The summed E-state index contributed by atoms with van der Waals surface area (Å²) in [6, 6.07) is 20.9.